The van der Waals surface area contributed by atoms with Gasteiger partial charge in [-0.15, -0.1) is 0 Å². The fourth-order valence-corrected chi connectivity index (χ4v) is 1.21. The van der Waals surface area contributed by atoms with Crippen molar-refractivity contribution in [3.05, 3.63) is 36.4 Å². The third-order valence-corrected chi connectivity index (χ3v) is 2.01. The number of rotatable bonds is 3. The first-order valence-electron chi connectivity index (χ1n) is 4.49. The summed E-state index contributed by atoms with van der Waals surface area (Å²) >= 11 is 0. The van der Waals surface area contributed by atoms with Crippen molar-refractivity contribution in [1.82, 2.24) is 9.97 Å². The van der Waals surface area contributed by atoms with E-state index in [9.17, 15) is 5.11 Å². The predicted octanol–water partition coefficient (Wildman–Crippen LogP) is 1.43. The number of nitrogens with zero attached hydrogens (tertiary/aromatic N) is 1. The van der Waals surface area contributed by atoms with Crippen molar-refractivity contribution in [2.45, 2.75) is 6.54 Å². The van der Waals surface area contributed by atoms with Gasteiger partial charge in [0.2, 0.25) is 0 Å². The molecule has 1 aromatic heterocycles. The fourth-order valence-electron chi connectivity index (χ4n) is 1.21. The molecule has 0 aliphatic carbocycles. The number of hydrogen-bond donors (Lipinski definition) is 4. The maximum absolute atomic E-state index is 9.25. The zero-order valence-corrected chi connectivity index (χ0v) is 7.94. The Morgan fingerprint density at radius 3 is 2.80 bits per heavy atom. The van der Waals surface area contributed by atoms with Gasteiger partial charge in [-0.05, 0) is 12.1 Å². The number of benzene rings is 1. The van der Waals surface area contributed by atoms with Crippen LogP contribution < -0.4 is 5.32 Å². The number of anilines is 1. The van der Waals surface area contributed by atoms with Gasteiger partial charge >= 0.3 is 0 Å². The minimum atomic E-state index is -0.135. The zero-order valence-electron chi connectivity index (χ0n) is 7.94. The van der Waals surface area contributed by atoms with Gasteiger partial charge in [-0.25, -0.2) is 4.98 Å². The first kappa shape index (κ1) is 9.39. The standard InChI is InChI=1S/C10H11N3O2/c14-9-2-1-7(3-10(9)15)12-5-8-4-11-6-13-8/h1-4,6,12,14-15H,5H2,(H,11,13). The second-order valence-corrected chi connectivity index (χ2v) is 3.13. The van der Waals surface area contributed by atoms with E-state index in [1.807, 2.05) is 0 Å². The lowest BCUT2D eigenvalue weighted by Gasteiger charge is -2.05. The molecule has 0 fully saturated rings. The van der Waals surface area contributed by atoms with Crippen LogP contribution in [0.3, 0.4) is 0 Å². The Labute approximate surface area is 86.4 Å². The molecule has 78 valence electrons. The van der Waals surface area contributed by atoms with Gasteiger partial charge in [-0.2, -0.15) is 0 Å². The van der Waals surface area contributed by atoms with Crippen LogP contribution in [0.25, 0.3) is 0 Å². The van der Waals surface area contributed by atoms with Crippen molar-refractivity contribution >= 4 is 5.69 Å². The molecule has 0 radical (unpaired) electrons. The van der Waals surface area contributed by atoms with Crippen molar-refractivity contribution in [3.8, 4) is 11.5 Å². The fraction of sp³-hybridized carbons (Fsp3) is 0.100. The van der Waals surface area contributed by atoms with Crippen molar-refractivity contribution in [2.75, 3.05) is 5.32 Å². The average molecular weight is 205 g/mol. The number of phenolic OH excluding ortho intramolecular Hbond substituents is 2. The smallest absolute Gasteiger partial charge is 0.159 e. The van der Waals surface area contributed by atoms with Gasteiger partial charge in [0.25, 0.3) is 0 Å². The van der Waals surface area contributed by atoms with E-state index >= 15 is 0 Å². The van der Waals surface area contributed by atoms with Crippen molar-refractivity contribution in [2.24, 2.45) is 0 Å². The largest absolute Gasteiger partial charge is 0.504 e. The van der Waals surface area contributed by atoms with Crippen LogP contribution in [0.1, 0.15) is 5.69 Å². The Morgan fingerprint density at radius 2 is 2.13 bits per heavy atom. The molecule has 0 aliphatic rings. The van der Waals surface area contributed by atoms with E-state index in [2.05, 4.69) is 15.3 Å². The van der Waals surface area contributed by atoms with Gasteiger partial charge in [-0.3, -0.25) is 0 Å². The van der Waals surface area contributed by atoms with E-state index in [0.29, 0.717) is 6.54 Å². The highest BCUT2D eigenvalue weighted by Crippen LogP contribution is 2.27. The van der Waals surface area contributed by atoms with Crippen LogP contribution in [0.2, 0.25) is 0 Å². The van der Waals surface area contributed by atoms with Crippen LogP contribution in [0, 0.1) is 0 Å². The Hall–Kier alpha value is -2.17. The third kappa shape index (κ3) is 2.19. The number of imidazole rings is 1. The highest BCUT2D eigenvalue weighted by molar-refractivity contribution is 5.53. The second-order valence-electron chi connectivity index (χ2n) is 3.13. The summed E-state index contributed by atoms with van der Waals surface area (Å²) in [6.45, 7) is 0.588. The average Bonchev–Trinajstić information content (AvgIpc) is 2.73. The molecule has 2 rings (SSSR count). The molecule has 0 bridgehead atoms. The maximum atomic E-state index is 9.25. The first-order valence-corrected chi connectivity index (χ1v) is 4.49. The highest BCUT2D eigenvalue weighted by atomic mass is 16.3. The monoisotopic (exact) mass is 205 g/mol. The molecule has 0 spiro atoms. The van der Waals surface area contributed by atoms with Gasteiger partial charge in [0, 0.05) is 18.0 Å². The molecule has 4 N–H and O–H groups in total. The molecule has 5 heteroatoms. The molecule has 0 saturated carbocycles. The van der Waals surface area contributed by atoms with Crippen LogP contribution >= 0.6 is 0 Å². The van der Waals surface area contributed by atoms with E-state index in [0.717, 1.165) is 11.4 Å². The molecular weight excluding hydrogens is 194 g/mol. The molecule has 5 nitrogen and oxygen atoms in total. The third-order valence-electron chi connectivity index (χ3n) is 2.01. The second kappa shape index (κ2) is 3.91. The Kier molecular flexibility index (Phi) is 2.45. The van der Waals surface area contributed by atoms with Gasteiger partial charge < -0.3 is 20.5 Å². The molecule has 0 aliphatic heterocycles. The van der Waals surface area contributed by atoms with Gasteiger partial charge in [-0.1, -0.05) is 0 Å². The summed E-state index contributed by atoms with van der Waals surface area (Å²) in [5.74, 6) is -0.258. The number of aromatic amines is 1. The van der Waals surface area contributed by atoms with Crippen LogP contribution in [0.15, 0.2) is 30.7 Å². The molecule has 0 saturated heterocycles. The number of hydrogen-bond acceptors (Lipinski definition) is 4. The summed E-state index contributed by atoms with van der Waals surface area (Å²) in [6, 6.07) is 4.59. The predicted molar refractivity (Wildman–Crippen MR) is 55.7 cm³/mol. The Balaban J connectivity index is 2.02. The van der Waals surface area contributed by atoms with E-state index < -0.39 is 0 Å². The van der Waals surface area contributed by atoms with E-state index in [1.54, 1.807) is 18.6 Å². The molecule has 1 aromatic carbocycles. The van der Waals surface area contributed by atoms with Gasteiger partial charge in [0.15, 0.2) is 11.5 Å². The van der Waals surface area contributed by atoms with E-state index in [-0.39, 0.29) is 11.5 Å². The van der Waals surface area contributed by atoms with Crippen LogP contribution in [-0.4, -0.2) is 20.2 Å². The lowest BCUT2D eigenvalue weighted by Crippen LogP contribution is -1.98. The molecule has 1 heterocycles. The first-order chi connectivity index (χ1) is 7.25. The quantitative estimate of drug-likeness (QED) is 0.451. The van der Waals surface area contributed by atoms with Crippen molar-refractivity contribution in [1.29, 1.82) is 0 Å². The van der Waals surface area contributed by atoms with Crippen molar-refractivity contribution in [3.63, 3.8) is 0 Å². The number of nitrogens with one attached hydrogen (secondary N) is 2. The summed E-state index contributed by atoms with van der Waals surface area (Å²) in [6.07, 6.45) is 3.32. The summed E-state index contributed by atoms with van der Waals surface area (Å²) in [4.78, 5) is 6.83. The number of phenols is 2. The van der Waals surface area contributed by atoms with Gasteiger partial charge in [0.05, 0.1) is 18.6 Å². The molecule has 0 atom stereocenters. The van der Waals surface area contributed by atoms with Crippen LogP contribution in [-0.2, 0) is 6.54 Å². The summed E-state index contributed by atoms with van der Waals surface area (Å²) in [5, 5.41) is 21.4. The maximum Gasteiger partial charge on any atom is 0.159 e. The summed E-state index contributed by atoms with van der Waals surface area (Å²) in [7, 11) is 0. The van der Waals surface area contributed by atoms with Crippen LogP contribution in [0.5, 0.6) is 11.5 Å². The SMILES string of the molecule is Oc1ccc(NCc2cnc[nH]2)cc1O. The Morgan fingerprint density at radius 1 is 1.27 bits per heavy atom. The topological polar surface area (TPSA) is 81.2 Å². The molecule has 2 aromatic rings. The molecular formula is C10H11N3O2. The van der Waals surface area contributed by atoms with E-state index in [1.165, 1.54) is 12.1 Å². The van der Waals surface area contributed by atoms with Gasteiger partial charge in [0.1, 0.15) is 0 Å². The molecule has 0 amide bonds. The zero-order chi connectivity index (χ0) is 10.7. The number of aromatic hydroxyl groups is 2. The normalized spacial score (nSPS) is 10.1. The molecule has 0 unspecified atom stereocenters. The minimum absolute atomic E-state index is 0.123. The van der Waals surface area contributed by atoms with E-state index in [4.69, 9.17) is 5.11 Å². The summed E-state index contributed by atoms with van der Waals surface area (Å²) < 4.78 is 0. The number of aromatic nitrogens is 2. The highest BCUT2D eigenvalue weighted by Gasteiger charge is 2.00. The lowest BCUT2D eigenvalue weighted by molar-refractivity contribution is 0.404. The minimum Gasteiger partial charge on any atom is -0.504 e. The van der Waals surface area contributed by atoms with Crippen LogP contribution in [0.4, 0.5) is 5.69 Å². The number of H-pyrrole nitrogens is 1. The lowest BCUT2D eigenvalue weighted by atomic mass is 10.2. The Bertz CT molecular complexity index is 440. The molecule has 15 heavy (non-hydrogen) atoms. The van der Waals surface area contributed by atoms with Crippen molar-refractivity contribution < 1.29 is 10.2 Å². The summed E-state index contributed by atoms with van der Waals surface area (Å²) in [5.41, 5.74) is 1.68.